The van der Waals surface area contributed by atoms with Gasteiger partial charge in [0.2, 0.25) is 0 Å². The summed E-state index contributed by atoms with van der Waals surface area (Å²) in [4.78, 5) is 16.0. The van der Waals surface area contributed by atoms with Crippen LogP contribution in [-0.2, 0) is 11.2 Å². The largest absolute Gasteiger partial charge is 0.396 e. The van der Waals surface area contributed by atoms with Gasteiger partial charge in [0.05, 0.1) is 16.6 Å². The van der Waals surface area contributed by atoms with E-state index in [1.165, 1.54) is 6.07 Å². The van der Waals surface area contributed by atoms with Crippen molar-refractivity contribution in [3.05, 3.63) is 64.2 Å². The maximum Gasteiger partial charge on any atom is 0.145 e. The van der Waals surface area contributed by atoms with Crippen molar-refractivity contribution in [2.45, 2.75) is 33.1 Å². The summed E-state index contributed by atoms with van der Waals surface area (Å²) >= 11 is 5.81. The quantitative estimate of drug-likeness (QED) is 0.774. The second kappa shape index (κ2) is 8.07. The zero-order valence-corrected chi connectivity index (χ0v) is 15.4. The second-order valence-electron chi connectivity index (χ2n) is 7.30. The number of benzene rings is 1. The summed E-state index contributed by atoms with van der Waals surface area (Å²) in [6.07, 6.45) is 2.85. The average molecular weight is 364 g/mol. The van der Waals surface area contributed by atoms with Gasteiger partial charge in [0, 0.05) is 25.1 Å². The summed E-state index contributed by atoms with van der Waals surface area (Å²) < 4.78 is 14.0. The van der Waals surface area contributed by atoms with Gasteiger partial charge in [0.15, 0.2) is 0 Å². The van der Waals surface area contributed by atoms with E-state index < -0.39 is 11.7 Å². The van der Waals surface area contributed by atoms with E-state index in [0.29, 0.717) is 17.7 Å². The molecule has 25 heavy (non-hydrogen) atoms. The van der Waals surface area contributed by atoms with Crippen molar-refractivity contribution < 1.29 is 14.3 Å². The fourth-order valence-electron chi connectivity index (χ4n) is 2.94. The normalized spacial score (nSPS) is 14.2. The highest BCUT2D eigenvalue weighted by Crippen LogP contribution is 2.36. The number of nitrogens with zero attached hydrogens (tertiary/aromatic N) is 1. The lowest BCUT2D eigenvalue weighted by molar-refractivity contribution is -0.111. The van der Waals surface area contributed by atoms with Crippen LogP contribution in [0.15, 0.2) is 36.5 Å². The molecular formula is C20H23ClFNO2. The molecule has 1 aromatic heterocycles. The molecule has 1 heterocycles. The lowest BCUT2D eigenvalue weighted by Gasteiger charge is -2.33. The van der Waals surface area contributed by atoms with Crippen LogP contribution in [0, 0.1) is 17.2 Å². The third-order valence-electron chi connectivity index (χ3n) is 4.50. The number of aliphatic hydroxyl groups excluding tert-OH is 1. The monoisotopic (exact) mass is 363 g/mol. The Kier molecular flexibility index (Phi) is 6.31. The van der Waals surface area contributed by atoms with Crippen molar-refractivity contribution in [3.8, 4) is 0 Å². The summed E-state index contributed by atoms with van der Waals surface area (Å²) in [6.45, 7) is 5.87. The maximum atomic E-state index is 14.0. The van der Waals surface area contributed by atoms with Gasteiger partial charge in [-0.25, -0.2) is 4.39 Å². The summed E-state index contributed by atoms with van der Waals surface area (Å²) in [7, 11) is 0. The summed E-state index contributed by atoms with van der Waals surface area (Å²) in [5, 5.41) is 9.79. The van der Waals surface area contributed by atoms with Crippen LogP contribution in [0.1, 0.15) is 43.5 Å². The van der Waals surface area contributed by atoms with Crippen molar-refractivity contribution in [1.29, 1.82) is 0 Å². The van der Waals surface area contributed by atoms with Crippen LogP contribution < -0.4 is 0 Å². The fraction of sp³-hybridized carbons (Fsp3) is 0.400. The van der Waals surface area contributed by atoms with Crippen LogP contribution in [-0.4, -0.2) is 23.0 Å². The number of rotatable bonds is 6. The highest BCUT2D eigenvalue weighted by molar-refractivity contribution is 6.30. The third kappa shape index (κ3) is 4.65. The Morgan fingerprint density at radius 2 is 2.00 bits per heavy atom. The minimum Gasteiger partial charge on any atom is -0.396 e. The Morgan fingerprint density at radius 3 is 2.52 bits per heavy atom. The van der Waals surface area contributed by atoms with E-state index in [1.807, 2.05) is 26.8 Å². The first-order valence-electron chi connectivity index (χ1n) is 8.21. The third-order valence-corrected chi connectivity index (χ3v) is 4.80. The number of carbonyl (C=O) groups excluding carboxylic acids is 1. The fourth-order valence-corrected chi connectivity index (χ4v) is 3.13. The molecule has 3 nitrogen and oxygen atoms in total. The Labute approximate surface area is 152 Å². The molecule has 0 aliphatic rings. The highest BCUT2D eigenvalue weighted by Gasteiger charge is 2.33. The molecule has 1 aromatic carbocycles. The predicted octanol–water partition coefficient (Wildman–Crippen LogP) is 4.40. The zero-order chi connectivity index (χ0) is 18.6. The van der Waals surface area contributed by atoms with Crippen LogP contribution >= 0.6 is 11.6 Å². The van der Waals surface area contributed by atoms with E-state index in [0.717, 1.165) is 11.8 Å². The van der Waals surface area contributed by atoms with Crippen molar-refractivity contribution in [2.75, 3.05) is 6.61 Å². The van der Waals surface area contributed by atoms with E-state index in [4.69, 9.17) is 11.6 Å². The van der Waals surface area contributed by atoms with Crippen molar-refractivity contribution in [1.82, 2.24) is 4.98 Å². The maximum absolute atomic E-state index is 14.0. The SMILES string of the molecule is CC(C)(C)[C@@H](CO)C(C=O)c1ccc(Cc2cccc(Cl)c2F)cn1. The standard InChI is InChI=1S/C20H23ClFNO2/c1-20(2,3)16(12-25)15(11-24)18-8-7-13(10-23-18)9-14-5-4-6-17(21)19(14)22/h4-8,10-11,15-16,25H,9,12H2,1-3H3/t15?,16-/m0/s1. The van der Waals surface area contributed by atoms with Gasteiger partial charge >= 0.3 is 0 Å². The molecule has 134 valence electrons. The van der Waals surface area contributed by atoms with Gasteiger partial charge in [-0.3, -0.25) is 4.98 Å². The van der Waals surface area contributed by atoms with E-state index in [-0.39, 0.29) is 23.0 Å². The van der Waals surface area contributed by atoms with E-state index >= 15 is 0 Å². The average Bonchev–Trinajstić information content (AvgIpc) is 2.56. The first-order valence-corrected chi connectivity index (χ1v) is 8.59. The summed E-state index contributed by atoms with van der Waals surface area (Å²) in [6, 6.07) is 8.50. The molecule has 0 fully saturated rings. The van der Waals surface area contributed by atoms with E-state index in [1.54, 1.807) is 24.4 Å². The molecule has 0 saturated heterocycles. The molecule has 0 bridgehead atoms. The van der Waals surface area contributed by atoms with Gasteiger partial charge in [0.1, 0.15) is 12.1 Å². The van der Waals surface area contributed by atoms with Crippen LogP contribution in [0.3, 0.4) is 0 Å². The lowest BCUT2D eigenvalue weighted by Crippen LogP contribution is -2.31. The molecule has 0 aliphatic heterocycles. The predicted molar refractivity (Wildman–Crippen MR) is 97.3 cm³/mol. The summed E-state index contributed by atoms with van der Waals surface area (Å²) in [5.74, 6) is -1.14. The molecule has 0 radical (unpaired) electrons. The molecule has 1 unspecified atom stereocenters. The Bertz CT molecular complexity index is 725. The number of aliphatic hydroxyl groups is 1. The minimum atomic E-state index is -0.484. The Hall–Kier alpha value is -1.78. The summed E-state index contributed by atoms with van der Waals surface area (Å²) in [5.41, 5.74) is 1.70. The second-order valence-corrected chi connectivity index (χ2v) is 7.71. The first-order chi connectivity index (χ1) is 11.8. The number of aromatic nitrogens is 1. The minimum absolute atomic E-state index is 0.0932. The molecule has 5 heteroatoms. The topological polar surface area (TPSA) is 50.2 Å². The molecule has 2 aromatic rings. The van der Waals surface area contributed by atoms with Crippen LogP contribution in [0.25, 0.3) is 0 Å². The van der Waals surface area contributed by atoms with E-state index in [9.17, 15) is 14.3 Å². The molecule has 1 N–H and O–H groups in total. The molecular weight excluding hydrogens is 341 g/mol. The Morgan fingerprint density at radius 1 is 1.28 bits per heavy atom. The number of pyridine rings is 1. The van der Waals surface area contributed by atoms with Gasteiger partial charge in [-0.15, -0.1) is 0 Å². The number of aldehydes is 1. The number of halogens is 2. The molecule has 0 amide bonds. The highest BCUT2D eigenvalue weighted by atomic mass is 35.5. The van der Waals surface area contributed by atoms with Crippen molar-refractivity contribution in [3.63, 3.8) is 0 Å². The van der Waals surface area contributed by atoms with Gasteiger partial charge in [0.25, 0.3) is 0 Å². The van der Waals surface area contributed by atoms with Crippen molar-refractivity contribution >= 4 is 17.9 Å². The Balaban J connectivity index is 2.23. The number of hydrogen-bond acceptors (Lipinski definition) is 3. The molecule has 0 saturated carbocycles. The lowest BCUT2D eigenvalue weighted by atomic mass is 9.73. The zero-order valence-electron chi connectivity index (χ0n) is 14.7. The van der Waals surface area contributed by atoms with Crippen LogP contribution in [0.5, 0.6) is 0 Å². The van der Waals surface area contributed by atoms with Gasteiger partial charge in [-0.1, -0.05) is 50.6 Å². The molecule has 0 spiro atoms. The van der Waals surface area contributed by atoms with E-state index in [2.05, 4.69) is 4.98 Å². The van der Waals surface area contributed by atoms with Crippen LogP contribution in [0.2, 0.25) is 5.02 Å². The molecule has 2 atom stereocenters. The van der Waals surface area contributed by atoms with Crippen molar-refractivity contribution in [2.24, 2.45) is 11.3 Å². The smallest absolute Gasteiger partial charge is 0.145 e. The van der Waals surface area contributed by atoms with Gasteiger partial charge in [-0.2, -0.15) is 0 Å². The number of hydrogen-bond donors (Lipinski definition) is 1. The molecule has 2 rings (SSSR count). The number of carbonyl (C=O) groups is 1. The molecule has 0 aliphatic carbocycles. The van der Waals surface area contributed by atoms with Gasteiger partial charge in [-0.05, 0) is 28.7 Å². The van der Waals surface area contributed by atoms with Gasteiger partial charge < -0.3 is 9.90 Å². The first kappa shape index (κ1) is 19.5. The van der Waals surface area contributed by atoms with Crippen LogP contribution in [0.4, 0.5) is 4.39 Å².